The summed E-state index contributed by atoms with van der Waals surface area (Å²) < 4.78 is 10.7. The summed E-state index contributed by atoms with van der Waals surface area (Å²) in [6.07, 6.45) is 3.54. The second kappa shape index (κ2) is 4.92. The molecule has 0 aromatic heterocycles. The largest absolute Gasteiger partial charge is 0.481 e. The van der Waals surface area contributed by atoms with E-state index in [2.05, 4.69) is 4.90 Å². The minimum Gasteiger partial charge on any atom is -0.481 e. The normalized spacial score (nSPS) is 33.1. The van der Waals surface area contributed by atoms with E-state index in [0.29, 0.717) is 6.04 Å². The summed E-state index contributed by atoms with van der Waals surface area (Å²) in [7, 11) is 3.34. The molecule has 2 rings (SSSR count). The minimum absolute atomic E-state index is 0.137. The number of rotatable bonds is 4. The van der Waals surface area contributed by atoms with E-state index in [-0.39, 0.29) is 5.92 Å². The van der Waals surface area contributed by atoms with Gasteiger partial charge in [-0.3, -0.25) is 9.69 Å². The summed E-state index contributed by atoms with van der Waals surface area (Å²) in [5.74, 6) is -1.21. The highest BCUT2D eigenvalue weighted by atomic mass is 16.7. The average molecular weight is 243 g/mol. The molecule has 1 heterocycles. The summed E-state index contributed by atoms with van der Waals surface area (Å²) in [6.45, 7) is 1.59. The lowest BCUT2D eigenvalue weighted by Gasteiger charge is -2.52. The van der Waals surface area contributed by atoms with Crippen molar-refractivity contribution in [3.05, 3.63) is 0 Å². The first-order chi connectivity index (χ1) is 8.10. The average Bonchev–Trinajstić information content (AvgIpc) is 2.29. The molecule has 1 aliphatic carbocycles. The highest BCUT2D eigenvalue weighted by Crippen LogP contribution is 2.34. The van der Waals surface area contributed by atoms with Crippen LogP contribution in [0.4, 0.5) is 0 Å². The lowest BCUT2D eigenvalue weighted by molar-refractivity contribution is -0.283. The van der Waals surface area contributed by atoms with Crippen LogP contribution in [0.15, 0.2) is 0 Å². The number of methoxy groups -OCH3 is 2. The van der Waals surface area contributed by atoms with Gasteiger partial charge in [-0.05, 0) is 25.7 Å². The van der Waals surface area contributed by atoms with Crippen molar-refractivity contribution >= 4 is 5.97 Å². The fourth-order valence-corrected chi connectivity index (χ4v) is 2.86. The molecule has 0 unspecified atom stereocenters. The molecule has 2 fully saturated rings. The molecular weight excluding hydrogens is 222 g/mol. The maximum absolute atomic E-state index is 10.9. The molecule has 0 aromatic carbocycles. The molecule has 98 valence electrons. The second-order valence-corrected chi connectivity index (χ2v) is 5.07. The smallest absolute Gasteiger partial charge is 0.306 e. The number of likely N-dealkylation sites (tertiary alicyclic amines) is 1. The molecule has 1 aliphatic heterocycles. The molecule has 1 saturated carbocycles. The van der Waals surface area contributed by atoms with E-state index in [1.165, 1.54) is 0 Å². The van der Waals surface area contributed by atoms with Gasteiger partial charge >= 0.3 is 5.97 Å². The van der Waals surface area contributed by atoms with E-state index in [0.717, 1.165) is 38.8 Å². The van der Waals surface area contributed by atoms with Crippen LogP contribution < -0.4 is 0 Å². The Bertz CT molecular complexity index is 274. The molecular formula is C12H21NO4. The minimum atomic E-state index is -0.643. The number of hydrogen-bond donors (Lipinski definition) is 1. The van der Waals surface area contributed by atoms with Gasteiger partial charge < -0.3 is 14.6 Å². The third-order valence-electron chi connectivity index (χ3n) is 4.19. The Kier molecular flexibility index (Phi) is 3.70. The predicted molar refractivity (Wildman–Crippen MR) is 61.7 cm³/mol. The molecule has 5 heteroatoms. The summed E-state index contributed by atoms with van der Waals surface area (Å²) in [5, 5.41) is 8.94. The fraction of sp³-hybridized carbons (Fsp3) is 0.917. The van der Waals surface area contributed by atoms with E-state index in [9.17, 15) is 4.79 Å². The van der Waals surface area contributed by atoms with Crippen molar-refractivity contribution in [2.75, 3.05) is 27.3 Å². The third-order valence-corrected chi connectivity index (χ3v) is 4.19. The zero-order valence-electron chi connectivity index (χ0n) is 10.5. The quantitative estimate of drug-likeness (QED) is 0.744. The van der Waals surface area contributed by atoms with Gasteiger partial charge in [-0.15, -0.1) is 0 Å². The fourth-order valence-electron chi connectivity index (χ4n) is 2.86. The van der Waals surface area contributed by atoms with E-state index >= 15 is 0 Å². The van der Waals surface area contributed by atoms with Crippen LogP contribution in [0.3, 0.4) is 0 Å². The molecule has 2 aliphatic rings. The van der Waals surface area contributed by atoms with Crippen LogP contribution in [-0.2, 0) is 14.3 Å². The SMILES string of the molecule is COC1(OC)CN(C2CCC(C(=O)O)CC2)C1. The van der Waals surface area contributed by atoms with Crippen molar-refractivity contribution in [2.45, 2.75) is 37.5 Å². The zero-order valence-corrected chi connectivity index (χ0v) is 10.5. The van der Waals surface area contributed by atoms with Crippen molar-refractivity contribution in [3.8, 4) is 0 Å². The molecule has 1 N–H and O–H groups in total. The molecule has 1 saturated heterocycles. The highest BCUT2D eigenvalue weighted by Gasteiger charge is 2.47. The van der Waals surface area contributed by atoms with Crippen molar-refractivity contribution in [1.29, 1.82) is 0 Å². The van der Waals surface area contributed by atoms with Crippen LogP contribution in [0.25, 0.3) is 0 Å². The van der Waals surface area contributed by atoms with Crippen LogP contribution in [0.2, 0.25) is 0 Å². The van der Waals surface area contributed by atoms with Crippen molar-refractivity contribution in [1.82, 2.24) is 4.90 Å². The van der Waals surface area contributed by atoms with Gasteiger partial charge in [0.25, 0.3) is 0 Å². The monoisotopic (exact) mass is 243 g/mol. The summed E-state index contributed by atoms with van der Waals surface area (Å²) in [4.78, 5) is 13.2. The van der Waals surface area contributed by atoms with Gasteiger partial charge in [0.2, 0.25) is 0 Å². The Morgan fingerprint density at radius 3 is 2.12 bits per heavy atom. The standard InChI is InChI=1S/C12H21NO4/c1-16-12(17-2)7-13(8-12)10-5-3-9(4-6-10)11(14)15/h9-10H,3-8H2,1-2H3,(H,14,15). The van der Waals surface area contributed by atoms with E-state index in [4.69, 9.17) is 14.6 Å². The number of aliphatic carboxylic acids is 1. The first-order valence-electron chi connectivity index (χ1n) is 6.17. The number of nitrogens with zero attached hydrogens (tertiary/aromatic N) is 1. The summed E-state index contributed by atoms with van der Waals surface area (Å²) >= 11 is 0. The first kappa shape index (κ1) is 12.8. The van der Waals surface area contributed by atoms with Crippen LogP contribution in [0.5, 0.6) is 0 Å². The van der Waals surface area contributed by atoms with Gasteiger partial charge in [-0.2, -0.15) is 0 Å². The number of carbonyl (C=O) groups is 1. The topological polar surface area (TPSA) is 59.0 Å². The van der Waals surface area contributed by atoms with Gasteiger partial charge in [-0.1, -0.05) is 0 Å². The molecule has 17 heavy (non-hydrogen) atoms. The Hall–Kier alpha value is -0.650. The van der Waals surface area contributed by atoms with Crippen molar-refractivity contribution < 1.29 is 19.4 Å². The molecule has 5 nitrogen and oxygen atoms in total. The highest BCUT2D eigenvalue weighted by molar-refractivity contribution is 5.70. The molecule has 0 radical (unpaired) electrons. The number of hydrogen-bond acceptors (Lipinski definition) is 4. The number of ether oxygens (including phenoxy) is 2. The van der Waals surface area contributed by atoms with Crippen LogP contribution in [-0.4, -0.2) is 55.1 Å². The lowest BCUT2D eigenvalue weighted by Crippen LogP contribution is -2.66. The first-order valence-corrected chi connectivity index (χ1v) is 6.17. The molecule has 0 spiro atoms. The van der Waals surface area contributed by atoms with Crippen molar-refractivity contribution in [2.24, 2.45) is 5.92 Å². The Morgan fingerprint density at radius 2 is 1.71 bits per heavy atom. The zero-order chi connectivity index (χ0) is 12.5. The van der Waals surface area contributed by atoms with E-state index in [1.807, 2.05) is 0 Å². The van der Waals surface area contributed by atoms with E-state index < -0.39 is 11.8 Å². The summed E-state index contributed by atoms with van der Waals surface area (Å²) in [6, 6.07) is 0.504. The lowest BCUT2D eigenvalue weighted by atomic mass is 9.84. The molecule has 0 aromatic rings. The molecule has 0 atom stereocenters. The maximum Gasteiger partial charge on any atom is 0.306 e. The molecule has 0 amide bonds. The summed E-state index contributed by atoms with van der Waals surface area (Å²) in [5.41, 5.74) is 0. The molecule has 0 bridgehead atoms. The maximum atomic E-state index is 10.9. The van der Waals surface area contributed by atoms with Gasteiger partial charge in [0, 0.05) is 20.3 Å². The Labute approximate surface area is 102 Å². The Balaban J connectivity index is 1.78. The van der Waals surface area contributed by atoms with Gasteiger partial charge in [-0.25, -0.2) is 0 Å². The number of carboxylic acid groups (broad SMARTS) is 1. The third kappa shape index (κ3) is 2.46. The van der Waals surface area contributed by atoms with Crippen LogP contribution in [0, 0.1) is 5.92 Å². The van der Waals surface area contributed by atoms with Gasteiger partial charge in [0.1, 0.15) is 0 Å². The van der Waals surface area contributed by atoms with Crippen LogP contribution >= 0.6 is 0 Å². The van der Waals surface area contributed by atoms with Gasteiger partial charge in [0.15, 0.2) is 5.79 Å². The Morgan fingerprint density at radius 1 is 1.18 bits per heavy atom. The number of carboxylic acids is 1. The van der Waals surface area contributed by atoms with Crippen LogP contribution in [0.1, 0.15) is 25.7 Å². The predicted octanol–water partition coefficient (Wildman–Crippen LogP) is 0.934. The van der Waals surface area contributed by atoms with Gasteiger partial charge in [0.05, 0.1) is 19.0 Å². The van der Waals surface area contributed by atoms with Crippen molar-refractivity contribution in [3.63, 3.8) is 0 Å². The van der Waals surface area contributed by atoms with E-state index in [1.54, 1.807) is 14.2 Å². The second-order valence-electron chi connectivity index (χ2n) is 5.07.